The van der Waals surface area contributed by atoms with E-state index >= 15 is 0 Å². The van der Waals surface area contributed by atoms with Crippen LogP contribution in [0.4, 0.5) is 5.69 Å². The number of hydrogen-bond donors (Lipinski definition) is 2. The number of aromatic hydroxyl groups is 1. The Kier molecular flexibility index (Phi) is 5.70. The second-order valence-electron chi connectivity index (χ2n) is 5.78. The number of nitro benzene ring substituents is 1. The Hall–Kier alpha value is -3.54. The topological polar surface area (TPSA) is 149 Å². The van der Waals surface area contributed by atoms with Gasteiger partial charge in [-0.3, -0.25) is 10.1 Å². The van der Waals surface area contributed by atoms with Gasteiger partial charge in [0.15, 0.2) is 5.75 Å². The van der Waals surface area contributed by atoms with Crippen molar-refractivity contribution in [2.45, 2.75) is 33.1 Å². The Balaban J connectivity index is 2.83. The smallest absolute Gasteiger partial charge is 0.338 e. The quantitative estimate of drug-likeness (QED) is 0.454. The van der Waals surface area contributed by atoms with Crippen LogP contribution in [0.3, 0.4) is 0 Å². The fraction of sp³-hybridized carbons (Fsp3) is 0.333. The molecule has 1 aromatic rings. The zero-order valence-electron chi connectivity index (χ0n) is 15.1. The third kappa shape index (κ3) is 3.55. The van der Waals surface area contributed by atoms with E-state index in [1.165, 1.54) is 19.1 Å². The molecule has 0 saturated carbocycles. The number of allylic oxidation sites excluding steroid dienone is 2. The van der Waals surface area contributed by atoms with Gasteiger partial charge in [-0.25, -0.2) is 4.79 Å². The first-order chi connectivity index (χ1) is 12.8. The van der Waals surface area contributed by atoms with E-state index in [1.54, 1.807) is 13.8 Å². The fourth-order valence-corrected chi connectivity index (χ4v) is 2.93. The lowest BCUT2D eigenvalue weighted by Crippen LogP contribution is -2.25. The molecule has 0 spiro atoms. The van der Waals surface area contributed by atoms with Gasteiger partial charge in [0.2, 0.25) is 5.88 Å². The van der Waals surface area contributed by atoms with Crippen molar-refractivity contribution in [1.82, 2.24) is 0 Å². The zero-order valence-corrected chi connectivity index (χ0v) is 15.1. The van der Waals surface area contributed by atoms with Crippen LogP contribution in [-0.2, 0) is 20.7 Å². The molecule has 0 amide bonds. The van der Waals surface area contributed by atoms with Crippen LogP contribution in [0.15, 0.2) is 34.9 Å². The number of nitrogens with zero attached hydrogens (tertiary/aromatic N) is 2. The predicted molar refractivity (Wildman–Crippen MR) is 94.1 cm³/mol. The average Bonchev–Trinajstić information content (AvgIpc) is 2.61. The molecule has 0 bridgehead atoms. The third-order valence-electron chi connectivity index (χ3n) is 4.20. The van der Waals surface area contributed by atoms with Crippen molar-refractivity contribution < 1.29 is 24.3 Å². The number of hydrogen-bond acceptors (Lipinski definition) is 8. The van der Waals surface area contributed by atoms with Crippen LogP contribution in [0, 0.1) is 21.4 Å². The molecule has 0 aromatic heterocycles. The number of nitro groups is 1. The summed E-state index contributed by atoms with van der Waals surface area (Å²) >= 11 is 0. The van der Waals surface area contributed by atoms with E-state index < -0.39 is 28.2 Å². The van der Waals surface area contributed by atoms with Gasteiger partial charge in [-0.15, -0.1) is 0 Å². The van der Waals surface area contributed by atoms with Crippen LogP contribution in [0.1, 0.15) is 37.8 Å². The first kappa shape index (κ1) is 19.8. The van der Waals surface area contributed by atoms with Gasteiger partial charge in [0.25, 0.3) is 0 Å². The number of aryl methyl sites for hydroxylation is 1. The number of carbonyl (C=O) groups is 1. The number of carbonyl (C=O) groups excluding carboxylic acids is 1. The summed E-state index contributed by atoms with van der Waals surface area (Å²) in [6, 6.07) is 4.63. The van der Waals surface area contributed by atoms with E-state index in [0.717, 1.165) is 0 Å². The van der Waals surface area contributed by atoms with Gasteiger partial charge in [-0.05, 0) is 25.8 Å². The highest BCUT2D eigenvalue weighted by molar-refractivity contribution is 5.93. The second-order valence-corrected chi connectivity index (χ2v) is 5.78. The summed E-state index contributed by atoms with van der Waals surface area (Å²) < 4.78 is 10.3. The molecule has 2 rings (SSSR count). The van der Waals surface area contributed by atoms with E-state index in [2.05, 4.69) is 0 Å². The predicted octanol–water partition coefficient (Wildman–Crippen LogP) is 2.51. The maximum absolute atomic E-state index is 12.5. The molecule has 0 fully saturated rings. The van der Waals surface area contributed by atoms with Gasteiger partial charge in [0, 0.05) is 11.6 Å². The van der Waals surface area contributed by atoms with Crippen molar-refractivity contribution in [3.05, 3.63) is 56.2 Å². The lowest BCUT2D eigenvalue weighted by molar-refractivity contribution is -0.386. The Morgan fingerprint density at radius 1 is 1.48 bits per heavy atom. The van der Waals surface area contributed by atoms with Crippen LogP contribution in [-0.4, -0.2) is 22.6 Å². The molecular weight excluding hydrogens is 354 g/mol. The molecule has 0 saturated heterocycles. The van der Waals surface area contributed by atoms with Crippen LogP contribution in [0.5, 0.6) is 5.75 Å². The molecule has 27 heavy (non-hydrogen) atoms. The lowest BCUT2D eigenvalue weighted by Gasteiger charge is -2.27. The standard InChI is InChI=1S/C18H19N3O6/c1-4-10-6-11(16(22)13(7-10)21(24)25)15-12(8-19)17(20)27-9(3)14(15)18(23)26-5-2/h6-7,15,22H,4-5,20H2,1-3H3. The molecule has 0 radical (unpaired) electrons. The van der Waals surface area contributed by atoms with Gasteiger partial charge in [-0.2, -0.15) is 5.26 Å². The van der Waals surface area contributed by atoms with Crippen molar-refractivity contribution in [1.29, 1.82) is 5.26 Å². The van der Waals surface area contributed by atoms with E-state index in [0.29, 0.717) is 12.0 Å². The fourth-order valence-electron chi connectivity index (χ4n) is 2.93. The van der Waals surface area contributed by atoms with Crippen molar-refractivity contribution in [3.8, 4) is 11.8 Å². The minimum Gasteiger partial charge on any atom is -0.502 e. The summed E-state index contributed by atoms with van der Waals surface area (Å²) in [5.74, 6) is -2.69. The number of ether oxygens (including phenoxy) is 2. The largest absolute Gasteiger partial charge is 0.502 e. The number of nitrogens with two attached hydrogens (primary N) is 1. The molecule has 9 nitrogen and oxygen atoms in total. The maximum atomic E-state index is 12.5. The summed E-state index contributed by atoms with van der Waals surface area (Å²) in [6.45, 7) is 4.94. The molecule has 1 aliphatic heterocycles. The molecule has 1 heterocycles. The molecule has 9 heteroatoms. The molecule has 1 aliphatic rings. The minimum atomic E-state index is -1.15. The SMILES string of the molecule is CCOC(=O)C1=C(C)OC(N)=C(C#N)C1c1cc(CC)cc([N+](=O)[O-])c1O. The van der Waals surface area contributed by atoms with Crippen molar-refractivity contribution in [2.24, 2.45) is 5.73 Å². The Morgan fingerprint density at radius 2 is 2.15 bits per heavy atom. The number of nitriles is 1. The van der Waals surface area contributed by atoms with Crippen LogP contribution >= 0.6 is 0 Å². The third-order valence-corrected chi connectivity index (χ3v) is 4.20. The summed E-state index contributed by atoms with van der Waals surface area (Å²) in [7, 11) is 0. The van der Waals surface area contributed by atoms with Crippen molar-refractivity contribution in [3.63, 3.8) is 0 Å². The lowest BCUT2D eigenvalue weighted by atomic mass is 9.81. The summed E-state index contributed by atoms with van der Waals surface area (Å²) in [6.07, 6.45) is 0.440. The van der Waals surface area contributed by atoms with Crippen molar-refractivity contribution in [2.75, 3.05) is 6.61 Å². The second kappa shape index (κ2) is 7.78. The maximum Gasteiger partial charge on any atom is 0.338 e. The van der Waals surface area contributed by atoms with E-state index in [4.69, 9.17) is 15.2 Å². The Morgan fingerprint density at radius 3 is 2.67 bits per heavy atom. The van der Waals surface area contributed by atoms with Gasteiger partial charge < -0.3 is 20.3 Å². The van der Waals surface area contributed by atoms with E-state index in [1.807, 2.05) is 6.07 Å². The number of benzene rings is 1. The number of phenols is 1. The number of phenolic OH excluding ortho intramolecular Hbond substituents is 1. The van der Waals surface area contributed by atoms with E-state index in [-0.39, 0.29) is 35.0 Å². The minimum absolute atomic E-state index is 0.0197. The Labute approximate surface area is 155 Å². The monoisotopic (exact) mass is 373 g/mol. The molecular formula is C18H19N3O6. The molecule has 3 N–H and O–H groups in total. The number of rotatable bonds is 5. The van der Waals surface area contributed by atoms with Crippen LogP contribution in [0.2, 0.25) is 0 Å². The van der Waals surface area contributed by atoms with E-state index in [9.17, 15) is 25.3 Å². The summed E-state index contributed by atoms with van der Waals surface area (Å²) in [4.78, 5) is 23.1. The Bertz CT molecular complexity index is 910. The van der Waals surface area contributed by atoms with Gasteiger partial charge >= 0.3 is 11.7 Å². The van der Waals surface area contributed by atoms with Crippen LogP contribution in [0.25, 0.3) is 0 Å². The van der Waals surface area contributed by atoms with Gasteiger partial charge in [-0.1, -0.05) is 13.0 Å². The van der Waals surface area contributed by atoms with Crippen molar-refractivity contribution >= 4 is 11.7 Å². The molecule has 0 aliphatic carbocycles. The summed E-state index contributed by atoms with van der Waals surface area (Å²) in [5, 5.41) is 31.4. The molecule has 1 aromatic carbocycles. The summed E-state index contributed by atoms with van der Waals surface area (Å²) in [5.41, 5.74) is 5.67. The number of esters is 1. The average molecular weight is 373 g/mol. The van der Waals surface area contributed by atoms with Gasteiger partial charge in [0.05, 0.1) is 23.0 Å². The normalized spacial score (nSPS) is 16.6. The highest BCUT2D eigenvalue weighted by Crippen LogP contribution is 2.45. The molecule has 1 unspecified atom stereocenters. The first-order valence-electron chi connectivity index (χ1n) is 8.22. The molecule has 1 atom stereocenters. The first-order valence-corrected chi connectivity index (χ1v) is 8.22. The van der Waals surface area contributed by atoms with Gasteiger partial charge in [0.1, 0.15) is 17.4 Å². The highest BCUT2D eigenvalue weighted by Gasteiger charge is 2.39. The molecule has 142 valence electrons. The highest BCUT2D eigenvalue weighted by atomic mass is 16.6. The van der Waals surface area contributed by atoms with Crippen LogP contribution < -0.4 is 5.73 Å². The zero-order chi connectivity index (χ0) is 20.3.